The molecular formula is C8H8AcNO2-. The van der Waals surface area contributed by atoms with Gasteiger partial charge in [-0.05, 0) is 12.1 Å². The van der Waals surface area contributed by atoms with Crippen LogP contribution in [0.1, 0.15) is 0 Å². The van der Waals surface area contributed by atoms with Crippen LogP contribution in [0.25, 0.3) is 5.32 Å². The Morgan fingerprint density at radius 3 is 2.75 bits per heavy atom. The van der Waals surface area contributed by atoms with Gasteiger partial charge in [-0.25, -0.2) is 0 Å². The van der Waals surface area contributed by atoms with Crippen molar-refractivity contribution in [1.82, 2.24) is 0 Å². The van der Waals surface area contributed by atoms with Gasteiger partial charge in [-0.1, -0.05) is 6.07 Å². The number of benzene rings is 1. The number of hydrogen-bond acceptors (Lipinski definition) is 2. The van der Waals surface area contributed by atoms with E-state index in [2.05, 4.69) is 5.32 Å². The maximum Gasteiger partial charge on any atom is 0.231 e. The summed E-state index contributed by atoms with van der Waals surface area (Å²) in [5.41, 5.74) is 0.911. The quantitative estimate of drug-likeness (QED) is 0.751. The second-order valence-corrected chi connectivity index (χ2v) is 2.26. The minimum Gasteiger partial charge on any atom is -0.687 e. The van der Waals surface area contributed by atoms with Gasteiger partial charge in [0.05, 0.1) is 0 Å². The van der Waals surface area contributed by atoms with E-state index >= 15 is 0 Å². The Labute approximate surface area is 107 Å². The molecule has 0 amide bonds. The molecule has 12 heavy (non-hydrogen) atoms. The van der Waals surface area contributed by atoms with Crippen LogP contribution < -0.4 is 9.47 Å². The second-order valence-electron chi connectivity index (χ2n) is 2.26. The molecule has 0 saturated carbocycles. The number of nitrogens with zero attached hydrogens (tertiary/aromatic N) is 1. The molecule has 61 valence electrons. The van der Waals surface area contributed by atoms with E-state index in [1.807, 2.05) is 18.2 Å². The number of hydrogen-bond donors (Lipinski definition) is 0. The molecule has 1 aliphatic rings. The average Bonchev–Trinajstić information content (AvgIpc) is 2.50. The molecule has 3 nitrogen and oxygen atoms in total. The zero-order valence-corrected chi connectivity index (χ0v) is 11.5. The van der Waals surface area contributed by atoms with Gasteiger partial charge < -0.3 is 14.8 Å². The molecule has 0 aliphatic carbocycles. The van der Waals surface area contributed by atoms with E-state index < -0.39 is 0 Å². The fourth-order valence-corrected chi connectivity index (χ4v) is 1.02. The monoisotopic (exact) mass is 377 g/mol. The molecule has 0 bridgehead atoms. The van der Waals surface area contributed by atoms with Crippen molar-refractivity contribution in [2.24, 2.45) is 0 Å². The third-order valence-electron chi connectivity index (χ3n) is 1.61. The topological polar surface area (TPSA) is 32.6 Å². The van der Waals surface area contributed by atoms with Gasteiger partial charge in [0.25, 0.3) is 0 Å². The summed E-state index contributed by atoms with van der Waals surface area (Å²) >= 11 is 0. The maximum atomic E-state index is 5.16. The Hall–Kier alpha value is 0.0616. The largest absolute Gasteiger partial charge is 0.687 e. The predicted molar refractivity (Wildman–Crippen MR) is 41.5 cm³/mol. The van der Waals surface area contributed by atoms with E-state index in [1.165, 1.54) is 0 Å². The molecule has 1 aliphatic heterocycles. The van der Waals surface area contributed by atoms with Crippen LogP contribution in [0.15, 0.2) is 18.2 Å². The van der Waals surface area contributed by atoms with Crippen molar-refractivity contribution in [3.8, 4) is 11.5 Å². The molecule has 0 aromatic heterocycles. The van der Waals surface area contributed by atoms with E-state index in [4.69, 9.17) is 9.47 Å². The zero-order chi connectivity index (χ0) is 7.68. The maximum absolute atomic E-state index is 5.16. The Kier molecular flexibility index (Phi) is 3.67. The second kappa shape index (κ2) is 4.34. The van der Waals surface area contributed by atoms with Crippen LogP contribution in [0, 0.1) is 44.1 Å². The molecule has 1 radical (unpaired) electrons. The van der Waals surface area contributed by atoms with Gasteiger partial charge in [0.15, 0.2) is 11.5 Å². The van der Waals surface area contributed by atoms with Crippen molar-refractivity contribution in [1.29, 1.82) is 0 Å². The van der Waals surface area contributed by atoms with E-state index in [-0.39, 0.29) is 44.1 Å². The van der Waals surface area contributed by atoms with E-state index in [0.717, 1.165) is 17.2 Å². The van der Waals surface area contributed by atoms with Crippen molar-refractivity contribution < 1.29 is 53.5 Å². The van der Waals surface area contributed by atoms with Crippen LogP contribution in [0.4, 0.5) is 5.69 Å². The van der Waals surface area contributed by atoms with Crippen molar-refractivity contribution in [2.45, 2.75) is 0 Å². The number of rotatable bonds is 1. The third-order valence-corrected chi connectivity index (χ3v) is 1.61. The SMILES string of the molecule is C[N-]c1ccc2c(c1)OCO2.[Ac]. The molecule has 1 aromatic carbocycles. The molecule has 0 spiro atoms. The van der Waals surface area contributed by atoms with Crippen LogP contribution in [0.2, 0.25) is 0 Å². The summed E-state index contributed by atoms with van der Waals surface area (Å²) in [6.07, 6.45) is 0. The molecule has 2 rings (SSSR count). The number of ether oxygens (including phenoxy) is 2. The van der Waals surface area contributed by atoms with E-state index in [1.54, 1.807) is 7.05 Å². The summed E-state index contributed by atoms with van der Waals surface area (Å²) in [5.74, 6) is 1.59. The smallest absolute Gasteiger partial charge is 0.231 e. The van der Waals surface area contributed by atoms with Crippen LogP contribution in [-0.4, -0.2) is 13.8 Å². The van der Waals surface area contributed by atoms with Gasteiger partial charge in [-0.15, -0.1) is 12.7 Å². The molecule has 1 aromatic rings. The van der Waals surface area contributed by atoms with Gasteiger partial charge in [-0.2, -0.15) is 0 Å². The molecule has 0 atom stereocenters. The third kappa shape index (κ3) is 1.86. The molecular weight excluding hydrogens is 369 g/mol. The summed E-state index contributed by atoms with van der Waals surface area (Å²) in [5, 5.41) is 4.01. The standard InChI is InChI=1S/C8H8NO2.Ac/c1-9-6-2-3-7-8(4-6)11-5-10-7;/h2-4H,5H2,1H3;/q-1;. The predicted octanol–water partition coefficient (Wildman–Crippen LogP) is 2.05. The van der Waals surface area contributed by atoms with Gasteiger partial charge in [0.2, 0.25) is 6.79 Å². The number of fused-ring (bicyclic) bond motifs is 1. The first kappa shape index (κ1) is 10.1. The summed E-state index contributed by atoms with van der Waals surface area (Å²) in [6.45, 7) is 0.322. The summed E-state index contributed by atoms with van der Waals surface area (Å²) < 4.78 is 10.3. The van der Waals surface area contributed by atoms with Gasteiger partial charge in [-0.3, -0.25) is 0 Å². The van der Waals surface area contributed by atoms with Crippen molar-refractivity contribution >= 4 is 5.69 Å². The molecule has 0 fully saturated rings. The summed E-state index contributed by atoms with van der Waals surface area (Å²) in [6, 6.07) is 5.63. The zero-order valence-electron chi connectivity index (χ0n) is 6.78. The first-order valence-corrected chi connectivity index (χ1v) is 3.39. The summed E-state index contributed by atoms with van der Waals surface area (Å²) in [4.78, 5) is 0. The van der Waals surface area contributed by atoms with E-state index in [9.17, 15) is 0 Å². The van der Waals surface area contributed by atoms with Crippen molar-refractivity contribution in [3.63, 3.8) is 0 Å². The van der Waals surface area contributed by atoms with Crippen LogP contribution in [0.3, 0.4) is 0 Å². The first-order chi connectivity index (χ1) is 5.40. The minimum absolute atomic E-state index is 0. The van der Waals surface area contributed by atoms with Crippen molar-refractivity contribution in [3.05, 3.63) is 23.5 Å². The Balaban J connectivity index is 0.000000720. The van der Waals surface area contributed by atoms with Gasteiger partial charge in [0, 0.05) is 44.1 Å². The van der Waals surface area contributed by atoms with E-state index in [0.29, 0.717) is 6.79 Å². The van der Waals surface area contributed by atoms with Crippen molar-refractivity contribution in [2.75, 3.05) is 13.8 Å². The Morgan fingerprint density at radius 2 is 2.00 bits per heavy atom. The first-order valence-electron chi connectivity index (χ1n) is 3.39. The molecule has 0 unspecified atom stereocenters. The Morgan fingerprint density at radius 1 is 1.25 bits per heavy atom. The van der Waals surface area contributed by atoms with Crippen LogP contribution in [0.5, 0.6) is 11.5 Å². The Bertz CT molecular complexity index is 278. The van der Waals surface area contributed by atoms with Gasteiger partial charge >= 0.3 is 0 Å². The van der Waals surface area contributed by atoms with Gasteiger partial charge in [0.1, 0.15) is 0 Å². The fourth-order valence-electron chi connectivity index (χ4n) is 1.02. The van der Waals surface area contributed by atoms with Crippen LogP contribution in [-0.2, 0) is 0 Å². The molecule has 4 heteroatoms. The summed E-state index contributed by atoms with van der Waals surface area (Å²) in [7, 11) is 1.75. The van der Waals surface area contributed by atoms with Crippen LogP contribution >= 0.6 is 0 Å². The molecule has 1 heterocycles. The fraction of sp³-hybridized carbons (Fsp3) is 0.250. The molecule has 0 saturated heterocycles. The average molecular weight is 377 g/mol. The normalized spacial score (nSPS) is 12.1. The minimum atomic E-state index is 0. The molecule has 0 N–H and O–H groups in total.